The van der Waals surface area contributed by atoms with Crippen LogP contribution in [0.4, 0.5) is 5.69 Å². The van der Waals surface area contributed by atoms with Crippen molar-refractivity contribution < 1.29 is 14.1 Å². The number of aromatic nitrogens is 4. The minimum absolute atomic E-state index is 0.0178. The number of rotatable bonds is 8. The first-order valence-corrected chi connectivity index (χ1v) is 15.0. The summed E-state index contributed by atoms with van der Waals surface area (Å²) in [4.78, 5) is 20.1. The molecule has 0 radical (unpaired) electrons. The Kier molecular flexibility index (Phi) is 7.04. The summed E-state index contributed by atoms with van der Waals surface area (Å²) in [5.41, 5.74) is 5.00. The van der Waals surface area contributed by atoms with Crippen LogP contribution < -0.4 is 10.1 Å². The highest BCUT2D eigenvalue weighted by molar-refractivity contribution is 7.15. The Morgan fingerprint density at radius 1 is 1.05 bits per heavy atom. The summed E-state index contributed by atoms with van der Waals surface area (Å²) >= 11 is 8.08. The molecule has 1 aliphatic carbocycles. The molecule has 6 aromatic rings. The lowest BCUT2D eigenvalue weighted by Gasteiger charge is -2.07. The van der Waals surface area contributed by atoms with E-state index in [-0.39, 0.29) is 17.7 Å². The Hall–Kier alpha value is -4.73. The zero-order valence-corrected chi connectivity index (χ0v) is 24.9. The van der Waals surface area contributed by atoms with E-state index < -0.39 is 0 Å². The summed E-state index contributed by atoms with van der Waals surface area (Å²) in [5.74, 6) is 1.32. The number of thiophene rings is 1. The molecule has 2 unspecified atom stereocenters. The summed E-state index contributed by atoms with van der Waals surface area (Å²) in [5, 5.41) is 12.6. The number of nitrogens with one attached hydrogen (secondary N) is 1. The molecule has 2 atom stereocenters. The fraction of sp³-hybridized carbons (Fsp3) is 0.152. The van der Waals surface area contributed by atoms with Crippen LogP contribution in [0.1, 0.15) is 22.8 Å². The van der Waals surface area contributed by atoms with E-state index >= 15 is 0 Å². The van der Waals surface area contributed by atoms with E-state index in [9.17, 15) is 4.79 Å². The number of anilines is 1. The molecule has 0 spiro atoms. The highest BCUT2D eigenvalue weighted by Crippen LogP contribution is 2.51. The van der Waals surface area contributed by atoms with E-state index in [4.69, 9.17) is 26.0 Å². The third-order valence-electron chi connectivity index (χ3n) is 7.48. The Morgan fingerprint density at radius 2 is 1.91 bits per heavy atom. The minimum atomic E-state index is -0.193. The van der Waals surface area contributed by atoms with Gasteiger partial charge in [0.15, 0.2) is 0 Å². The molecule has 1 fully saturated rings. The van der Waals surface area contributed by atoms with Gasteiger partial charge in [-0.2, -0.15) is 10.1 Å². The van der Waals surface area contributed by atoms with Crippen molar-refractivity contribution in [1.82, 2.24) is 19.9 Å². The van der Waals surface area contributed by atoms with Gasteiger partial charge in [0.1, 0.15) is 5.75 Å². The Balaban J connectivity index is 1.12. The number of para-hydroxylation sites is 1. The standard InChI is InChI=1S/C33H26ClN5O3S/c1-19-11-14-29(43-19)31-36-33(42-38-31)21-7-6-8-22(15-21)35-32(40)25-17-24(25)26-18-39(23-9-4-3-5-10-23)37-30(26)20-12-13-28(41-2)27(34)16-20/h3-16,18,24-25H,17H2,1-2H3,(H,35,40). The smallest absolute Gasteiger partial charge is 0.258 e. The monoisotopic (exact) mass is 607 g/mol. The van der Waals surface area contributed by atoms with Crippen molar-refractivity contribution in [3.63, 3.8) is 0 Å². The van der Waals surface area contributed by atoms with Gasteiger partial charge in [0.25, 0.3) is 5.89 Å². The van der Waals surface area contributed by atoms with E-state index in [0.29, 0.717) is 28.2 Å². The van der Waals surface area contributed by atoms with E-state index in [1.807, 2.05) is 103 Å². The number of hydrogen-bond donors (Lipinski definition) is 1. The minimum Gasteiger partial charge on any atom is -0.495 e. The summed E-state index contributed by atoms with van der Waals surface area (Å²) in [6.07, 6.45) is 2.74. The van der Waals surface area contributed by atoms with Gasteiger partial charge < -0.3 is 14.6 Å². The normalized spacial score (nSPS) is 15.8. The molecule has 0 bridgehead atoms. The van der Waals surface area contributed by atoms with Crippen LogP contribution in [-0.4, -0.2) is 32.9 Å². The molecule has 8 nitrogen and oxygen atoms in total. The van der Waals surface area contributed by atoms with E-state index in [1.54, 1.807) is 18.4 Å². The number of hydrogen-bond acceptors (Lipinski definition) is 7. The van der Waals surface area contributed by atoms with Crippen molar-refractivity contribution in [2.75, 3.05) is 12.4 Å². The molecule has 1 aliphatic rings. The molecule has 3 heterocycles. The van der Waals surface area contributed by atoms with Crippen LogP contribution in [0.2, 0.25) is 5.02 Å². The lowest BCUT2D eigenvalue weighted by molar-refractivity contribution is -0.117. The number of benzene rings is 3. The molecule has 214 valence electrons. The molecule has 1 saturated carbocycles. The van der Waals surface area contributed by atoms with Gasteiger partial charge in [-0.3, -0.25) is 4.79 Å². The summed E-state index contributed by atoms with van der Waals surface area (Å²) in [7, 11) is 1.59. The first-order chi connectivity index (χ1) is 21.0. The summed E-state index contributed by atoms with van der Waals surface area (Å²) in [6, 6.07) is 27.0. The number of methoxy groups -OCH3 is 1. The number of nitrogens with zero attached hydrogens (tertiary/aromatic N) is 4. The quantitative estimate of drug-likeness (QED) is 0.188. The lowest BCUT2D eigenvalue weighted by atomic mass is 10.0. The van der Waals surface area contributed by atoms with Gasteiger partial charge in [-0.1, -0.05) is 41.0 Å². The van der Waals surface area contributed by atoms with Crippen LogP contribution >= 0.6 is 22.9 Å². The number of ether oxygens (including phenoxy) is 1. The fourth-order valence-electron chi connectivity index (χ4n) is 5.20. The molecule has 0 saturated heterocycles. The van der Waals surface area contributed by atoms with Crippen molar-refractivity contribution in [1.29, 1.82) is 0 Å². The first-order valence-electron chi connectivity index (χ1n) is 13.8. The van der Waals surface area contributed by atoms with Crippen LogP contribution in [-0.2, 0) is 4.79 Å². The van der Waals surface area contributed by atoms with Crippen LogP contribution in [0.25, 0.3) is 39.1 Å². The van der Waals surface area contributed by atoms with Crippen LogP contribution in [0, 0.1) is 12.8 Å². The second-order valence-electron chi connectivity index (χ2n) is 10.4. The van der Waals surface area contributed by atoms with E-state index in [2.05, 4.69) is 15.5 Å². The van der Waals surface area contributed by atoms with Crippen molar-refractivity contribution in [3.05, 3.63) is 107 Å². The third-order valence-corrected chi connectivity index (χ3v) is 8.77. The molecule has 7 rings (SSSR count). The maximum Gasteiger partial charge on any atom is 0.258 e. The number of halogens is 1. The third kappa shape index (κ3) is 5.45. The Bertz CT molecular complexity index is 1950. The van der Waals surface area contributed by atoms with Crippen molar-refractivity contribution in [2.24, 2.45) is 5.92 Å². The van der Waals surface area contributed by atoms with Gasteiger partial charge in [0.05, 0.1) is 28.4 Å². The lowest BCUT2D eigenvalue weighted by Crippen LogP contribution is -2.14. The number of carbonyl (C=O) groups excluding carboxylic acids is 1. The number of carbonyl (C=O) groups is 1. The molecular formula is C33H26ClN5O3S. The zero-order valence-electron chi connectivity index (χ0n) is 23.3. The molecule has 0 aliphatic heterocycles. The second-order valence-corrected chi connectivity index (χ2v) is 12.1. The molecule has 1 N–H and O–H groups in total. The largest absolute Gasteiger partial charge is 0.495 e. The average Bonchev–Trinajstić information content (AvgIpc) is 3.33. The van der Waals surface area contributed by atoms with E-state index in [0.717, 1.165) is 39.4 Å². The van der Waals surface area contributed by atoms with Gasteiger partial charge in [-0.05, 0) is 74.0 Å². The molecule has 3 aromatic carbocycles. The Labute approximate surface area is 256 Å². The predicted molar refractivity (Wildman–Crippen MR) is 168 cm³/mol. The highest BCUT2D eigenvalue weighted by atomic mass is 35.5. The topological polar surface area (TPSA) is 95.1 Å². The molecule has 43 heavy (non-hydrogen) atoms. The predicted octanol–water partition coefficient (Wildman–Crippen LogP) is 8.03. The van der Waals surface area contributed by atoms with Crippen molar-refractivity contribution >= 4 is 34.5 Å². The van der Waals surface area contributed by atoms with Crippen LogP contribution in [0.15, 0.2) is 95.6 Å². The molecular weight excluding hydrogens is 582 g/mol. The van der Waals surface area contributed by atoms with Gasteiger partial charge in [0, 0.05) is 45.3 Å². The van der Waals surface area contributed by atoms with Crippen LogP contribution in [0.3, 0.4) is 0 Å². The van der Waals surface area contributed by atoms with Crippen molar-refractivity contribution in [2.45, 2.75) is 19.3 Å². The van der Waals surface area contributed by atoms with Gasteiger partial charge >= 0.3 is 0 Å². The Morgan fingerprint density at radius 3 is 2.67 bits per heavy atom. The highest BCUT2D eigenvalue weighted by Gasteiger charge is 2.46. The van der Waals surface area contributed by atoms with Gasteiger partial charge in [-0.15, -0.1) is 11.3 Å². The maximum absolute atomic E-state index is 13.4. The van der Waals surface area contributed by atoms with Crippen LogP contribution in [0.5, 0.6) is 5.75 Å². The first kappa shape index (κ1) is 27.1. The van der Waals surface area contributed by atoms with Crippen molar-refractivity contribution in [3.8, 4) is 44.9 Å². The SMILES string of the molecule is COc1ccc(-c2nn(-c3ccccc3)cc2C2CC2C(=O)Nc2cccc(-c3nc(-c4ccc(C)s4)no3)c2)cc1Cl. The van der Waals surface area contributed by atoms with Gasteiger partial charge in [0.2, 0.25) is 11.7 Å². The molecule has 10 heteroatoms. The zero-order chi connectivity index (χ0) is 29.5. The second kappa shape index (κ2) is 11.2. The summed E-state index contributed by atoms with van der Waals surface area (Å²) < 4.78 is 12.7. The molecule has 3 aromatic heterocycles. The van der Waals surface area contributed by atoms with E-state index in [1.165, 1.54) is 4.88 Å². The number of aryl methyl sites for hydroxylation is 1. The molecule has 1 amide bonds. The number of amides is 1. The maximum atomic E-state index is 13.4. The van der Waals surface area contributed by atoms with Gasteiger partial charge in [-0.25, -0.2) is 4.68 Å². The summed E-state index contributed by atoms with van der Waals surface area (Å²) in [6.45, 7) is 2.04. The average molecular weight is 608 g/mol. The fourth-order valence-corrected chi connectivity index (χ4v) is 6.25.